The van der Waals surface area contributed by atoms with Crippen LogP contribution >= 0.6 is 11.6 Å². The number of nitrogens with zero attached hydrogens (tertiary/aromatic N) is 2. The van der Waals surface area contributed by atoms with Crippen molar-refractivity contribution in [3.05, 3.63) is 111 Å². The molecule has 0 unspecified atom stereocenters. The lowest BCUT2D eigenvalue weighted by molar-refractivity contribution is 0.640. The Labute approximate surface area is 222 Å². The van der Waals surface area contributed by atoms with Crippen molar-refractivity contribution in [2.75, 3.05) is 19.0 Å². The van der Waals surface area contributed by atoms with E-state index < -0.39 is 0 Å². The highest BCUT2D eigenvalue weighted by Gasteiger charge is 2.37. The first-order chi connectivity index (χ1) is 17.1. The minimum atomic E-state index is -0.185. The molecule has 2 aromatic rings. The summed E-state index contributed by atoms with van der Waals surface area (Å²) >= 11 is 6.99. The smallest absolute Gasteiger partial charge is 0.0470 e. The molecule has 0 radical (unpaired) electrons. The molecular weight excluding hydrogens is 460 g/mol. The maximum absolute atomic E-state index is 6.99. The number of fused-ring (bicyclic) bond motifs is 1. The fourth-order valence-corrected chi connectivity index (χ4v) is 6.16. The monoisotopic (exact) mass is 498 g/mol. The number of aryl methyl sites for hydroxylation is 1. The van der Waals surface area contributed by atoms with Crippen molar-refractivity contribution in [3.63, 3.8) is 0 Å². The van der Waals surface area contributed by atoms with Gasteiger partial charge in [-0.1, -0.05) is 93.9 Å². The number of rotatable bonds is 5. The van der Waals surface area contributed by atoms with Gasteiger partial charge in [0.05, 0.1) is 0 Å². The van der Waals surface area contributed by atoms with Crippen LogP contribution in [0.2, 0.25) is 0 Å². The molecule has 4 rings (SSSR count). The maximum Gasteiger partial charge on any atom is 0.0470 e. The van der Waals surface area contributed by atoms with Gasteiger partial charge < -0.3 is 4.90 Å². The van der Waals surface area contributed by atoms with Crippen LogP contribution in [-0.4, -0.2) is 19.8 Å². The van der Waals surface area contributed by atoms with E-state index >= 15 is 0 Å². The number of hydrogen-bond acceptors (Lipinski definition) is 2. The summed E-state index contributed by atoms with van der Waals surface area (Å²) in [5.41, 5.74) is 9.77. The SMILES string of the molecule is CN=C(/C=C/C1=C(Cl)C(=C/C=C2/N(C)c3ccccc3C2(C)C)/CCC1)C(C)(C)c1ccccc1C. The molecule has 0 saturated heterocycles. The largest absolute Gasteiger partial charge is 0.347 e. The summed E-state index contributed by atoms with van der Waals surface area (Å²) in [6.45, 7) is 11.3. The molecule has 36 heavy (non-hydrogen) atoms. The Morgan fingerprint density at radius 3 is 2.42 bits per heavy atom. The highest BCUT2D eigenvalue weighted by Crippen LogP contribution is 2.47. The van der Waals surface area contributed by atoms with Gasteiger partial charge in [0.15, 0.2) is 0 Å². The van der Waals surface area contributed by atoms with Crippen molar-refractivity contribution < 1.29 is 0 Å². The average Bonchev–Trinajstić information content (AvgIpc) is 3.05. The molecule has 188 valence electrons. The minimum Gasteiger partial charge on any atom is -0.347 e. The van der Waals surface area contributed by atoms with Gasteiger partial charge in [-0.3, -0.25) is 4.99 Å². The number of benzene rings is 2. The lowest BCUT2D eigenvalue weighted by Gasteiger charge is -2.27. The molecule has 0 spiro atoms. The standard InChI is InChI=1S/C33H39ClN2/c1-23-13-8-9-16-26(23)32(2,3)29(35-6)21-19-24-14-12-15-25(31(24)34)20-22-30-33(4,5)27-17-10-11-18-28(27)36(30)7/h8-11,13,16-22H,12,14-15H2,1-7H3/b21-19+,25-20+,30-22+,35-29?. The fraction of sp³-hybridized carbons (Fsp3) is 0.364. The zero-order valence-corrected chi connectivity index (χ0v) is 23.6. The van der Waals surface area contributed by atoms with Crippen LogP contribution in [0.4, 0.5) is 5.69 Å². The average molecular weight is 499 g/mol. The van der Waals surface area contributed by atoms with E-state index in [1.54, 1.807) is 0 Å². The van der Waals surface area contributed by atoms with Crippen LogP contribution in [0.5, 0.6) is 0 Å². The second-order valence-corrected chi connectivity index (χ2v) is 11.4. The number of allylic oxidation sites excluding steroid dienone is 8. The molecular formula is C33H39ClN2. The predicted octanol–water partition coefficient (Wildman–Crippen LogP) is 8.81. The van der Waals surface area contributed by atoms with E-state index in [-0.39, 0.29) is 10.8 Å². The first kappa shape index (κ1) is 26.2. The minimum absolute atomic E-state index is 0.0381. The summed E-state index contributed by atoms with van der Waals surface area (Å²) < 4.78 is 0. The van der Waals surface area contributed by atoms with Crippen LogP contribution in [0.25, 0.3) is 0 Å². The lowest BCUT2D eigenvalue weighted by atomic mass is 9.77. The third-order valence-corrected chi connectivity index (χ3v) is 8.47. The summed E-state index contributed by atoms with van der Waals surface area (Å²) in [6.07, 6.45) is 11.9. The zero-order valence-electron chi connectivity index (χ0n) is 22.8. The van der Waals surface area contributed by atoms with Gasteiger partial charge in [0, 0.05) is 47.1 Å². The van der Waals surface area contributed by atoms with Crippen molar-refractivity contribution in [1.82, 2.24) is 0 Å². The lowest BCUT2D eigenvalue weighted by Crippen LogP contribution is -2.28. The van der Waals surface area contributed by atoms with Crippen LogP contribution in [0, 0.1) is 6.92 Å². The van der Waals surface area contributed by atoms with Gasteiger partial charge in [-0.25, -0.2) is 0 Å². The molecule has 0 atom stereocenters. The number of aliphatic imine (C=N–C) groups is 1. The maximum atomic E-state index is 6.99. The van der Waals surface area contributed by atoms with Crippen LogP contribution in [0.1, 0.15) is 63.6 Å². The van der Waals surface area contributed by atoms with Crippen molar-refractivity contribution in [2.45, 2.75) is 64.7 Å². The third kappa shape index (κ3) is 4.76. The van der Waals surface area contributed by atoms with Crippen LogP contribution in [-0.2, 0) is 10.8 Å². The molecule has 2 aliphatic rings. The van der Waals surface area contributed by atoms with Gasteiger partial charge in [0.25, 0.3) is 0 Å². The molecule has 1 aliphatic carbocycles. The summed E-state index contributed by atoms with van der Waals surface area (Å²) in [5.74, 6) is 0. The van der Waals surface area contributed by atoms with Gasteiger partial charge in [-0.15, -0.1) is 0 Å². The molecule has 1 heterocycles. The number of likely N-dealkylation sites (N-methyl/N-ethyl adjacent to an activating group) is 1. The Morgan fingerprint density at radius 1 is 1.03 bits per heavy atom. The van der Waals surface area contributed by atoms with Gasteiger partial charge in [0.1, 0.15) is 0 Å². The Balaban J connectivity index is 1.62. The number of para-hydroxylation sites is 1. The number of anilines is 1. The zero-order chi connectivity index (χ0) is 26.1. The topological polar surface area (TPSA) is 15.6 Å². The molecule has 2 nitrogen and oxygen atoms in total. The second kappa shape index (κ2) is 10.3. The second-order valence-electron chi connectivity index (χ2n) is 11.0. The first-order valence-corrected chi connectivity index (χ1v) is 13.3. The van der Waals surface area contributed by atoms with Gasteiger partial charge in [-0.2, -0.15) is 0 Å². The van der Waals surface area contributed by atoms with Crippen LogP contribution < -0.4 is 4.90 Å². The molecule has 0 saturated carbocycles. The Hall–Kier alpha value is -2.84. The molecule has 0 N–H and O–H groups in total. The van der Waals surface area contributed by atoms with E-state index in [0.29, 0.717) is 0 Å². The summed E-state index contributed by atoms with van der Waals surface area (Å²) in [6, 6.07) is 17.2. The van der Waals surface area contributed by atoms with Crippen molar-refractivity contribution in [3.8, 4) is 0 Å². The summed E-state index contributed by atoms with van der Waals surface area (Å²) in [4.78, 5) is 6.98. The van der Waals surface area contributed by atoms with E-state index in [9.17, 15) is 0 Å². The van der Waals surface area contributed by atoms with E-state index in [1.807, 2.05) is 7.05 Å². The first-order valence-electron chi connectivity index (χ1n) is 12.9. The molecule has 2 aromatic carbocycles. The van der Waals surface area contributed by atoms with E-state index in [4.69, 9.17) is 11.6 Å². The predicted molar refractivity (Wildman–Crippen MR) is 157 cm³/mol. The fourth-order valence-electron chi connectivity index (χ4n) is 5.84. The van der Waals surface area contributed by atoms with Crippen LogP contribution in [0.3, 0.4) is 0 Å². The quantitative estimate of drug-likeness (QED) is 0.376. The van der Waals surface area contributed by atoms with Gasteiger partial charge >= 0.3 is 0 Å². The Morgan fingerprint density at radius 2 is 1.72 bits per heavy atom. The van der Waals surface area contributed by atoms with Crippen molar-refractivity contribution in [1.29, 1.82) is 0 Å². The van der Waals surface area contributed by atoms with Crippen LogP contribution in [0.15, 0.2) is 99.7 Å². The van der Waals surface area contributed by atoms with E-state index in [2.05, 4.69) is 124 Å². The molecule has 1 aliphatic heterocycles. The molecule has 3 heteroatoms. The highest BCUT2D eigenvalue weighted by atomic mass is 35.5. The third-order valence-electron chi connectivity index (χ3n) is 7.98. The van der Waals surface area contributed by atoms with E-state index in [0.717, 1.165) is 30.0 Å². The molecule has 0 fully saturated rings. The highest BCUT2D eigenvalue weighted by molar-refractivity contribution is 6.32. The normalized spacial score (nSPS) is 20.7. The molecule has 0 amide bonds. The van der Waals surface area contributed by atoms with Gasteiger partial charge in [-0.05, 0) is 72.2 Å². The van der Waals surface area contributed by atoms with Crippen molar-refractivity contribution in [2.24, 2.45) is 4.99 Å². The van der Waals surface area contributed by atoms with E-state index in [1.165, 1.54) is 39.2 Å². The summed E-state index contributed by atoms with van der Waals surface area (Å²) in [7, 11) is 4.04. The number of hydrogen-bond donors (Lipinski definition) is 0. The van der Waals surface area contributed by atoms with Crippen molar-refractivity contribution >= 4 is 23.0 Å². The molecule has 0 bridgehead atoms. The Bertz CT molecular complexity index is 1300. The Kier molecular flexibility index (Phi) is 7.48. The summed E-state index contributed by atoms with van der Waals surface area (Å²) in [5, 5.41) is 0.884. The number of halogens is 1. The van der Waals surface area contributed by atoms with Gasteiger partial charge in [0.2, 0.25) is 0 Å². The molecule has 0 aromatic heterocycles.